The first-order chi connectivity index (χ1) is 12.4. The van der Waals surface area contributed by atoms with Crippen LogP contribution < -0.4 is 0 Å². The number of hydrogen-bond donors (Lipinski definition) is 1. The molecule has 3 rings (SSSR count). The molecule has 0 bridgehead atoms. The minimum Gasteiger partial charge on any atom is -0.477 e. The maximum Gasteiger partial charge on any atom is 0.345 e. The Morgan fingerprint density at radius 1 is 0.923 bits per heavy atom. The van der Waals surface area contributed by atoms with E-state index < -0.39 is 5.97 Å². The first-order valence-corrected chi connectivity index (χ1v) is 9.21. The zero-order chi connectivity index (χ0) is 18.7. The van der Waals surface area contributed by atoms with E-state index in [4.69, 9.17) is 5.11 Å². The second-order valence-electron chi connectivity index (χ2n) is 6.30. The van der Waals surface area contributed by atoms with Crippen molar-refractivity contribution in [1.29, 1.82) is 0 Å². The van der Waals surface area contributed by atoms with Crippen LogP contribution in [-0.4, -0.2) is 58.9 Å². The second kappa shape index (κ2) is 7.70. The summed E-state index contributed by atoms with van der Waals surface area (Å²) in [4.78, 5) is 39.9. The highest BCUT2D eigenvalue weighted by atomic mass is 32.1. The summed E-state index contributed by atoms with van der Waals surface area (Å²) in [5.74, 6) is -1.14. The van der Waals surface area contributed by atoms with Crippen molar-refractivity contribution in [3.63, 3.8) is 0 Å². The van der Waals surface area contributed by atoms with E-state index in [2.05, 4.69) is 0 Å². The molecule has 26 heavy (non-hydrogen) atoms. The highest BCUT2D eigenvalue weighted by molar-refractivity contribution is 7.15. The van der Waals surface area contributed by atoms with Crippen LogP contribution in [0.5, 0.6) is 0 Å². The lowest BCUT2D eigenvalue weighted by molar-refractivity contribution is -0.131. The molecule has 1 saturated heterocycles. The molecule has 0 saturated carbocycles. The van der Waals surface area contributed by atoms with Crippen LogP contribution >= 0.6 is 11.3 Å². The summed E-state index contributed by atoms with van der Waals surface area (Å²) in [5, 5.41) is 8.96. The summed E-state index contributed by atoms with van der Waals surface area (Å²) in [7, 11) is 0. The van der Waals surface area contributed by atoms with Gasteiger partial charge in [-0.2, -0.15) is 0 Å². The molecule has 0 unspecified atom stereocenters. The number of carbonyl (C=O) groups is 3. The first kappa shape index (κ1) is 18.1. The molecule has 136 valence electrons. The van der Waals surface area contributed by atoms with Crippen molar-refractivity contribution in [3.8, 4) is 0 Å². The van der Waals surface area contributed by atoms with Gasteiger partial charge in [0.2, 0.25) is 5.91 Å². The van der Waals surface area contributed by atoms with Gasteiger partial charge in [0, 0.05) is 26.2 Å². The molecular weight excluding hydrogens is 352 g/mol. The highest BCUT2D eigenvalue weighted by Crippen LogP contribution is 2.19. The van der Waals surface area contributed by atoms with E-state index in [9.17, 15) is 14.4 Å². The average Bonchev–Trinajstić information content (AvgIpc) is 3.13. The number of nitrogens with zero attached hydrogens (tertiary/aromatic N) is 2. The zero-order valence-electron chi connectivity index (χ0n) is 14.5. The Morgan fingerprint density at radius 3 is 2.08 bits per heavy atom. The Balaban J connectivity index is 1.54. The van der Waals surface area contributed by atoms with Gasteiger partial charge in [-0.15, -0.1) is 11.3 Å². The van der Waals surface area contributed by atoms with Crippen LogP contribution in [0.1, 0.15) is 30.5 Å². The molecule has 1 aliphatic rings. The number of hydrogen-bond acceptors (Lipinski definition) is 4. The number of amides is 2. The molecule has 7 heteroatoms. The van der Waals surface area contributed by atoms with Gasteiger partial charge in [0.05, 0.1) is 11.3 Å². The predicted octanol–water partition coefficient (Wildman–Crippen LogP) is 2.28. The number of carboxylic acid groups (broad SMARTS) is 1. The minimum atomic E-state index is -1.03. The van der Waals surface area contributed by atoms with Gasteiger partial charge < -0.3 is 14.9 Å². The van der Waals surface area contributed by atoms with Crippen LogP contribution in [0.25, 0.3) is 0 Å². The minimum absolute atomic E-state index is 0.0604. The molecule has 2 amide bonds. The Bertz CT molecular complexity index is 820. The van der Waals surface area contributed by atoms with Crippen molar-refractivity contribution in [2.75, 3.05) is 26.2 Å². The molecule has 1 aromatic carbocycles. The van der Waals surface area contributed by atoms with Gasteiger partial charge in [-0.3, -0.25) is 9.59 Å². The number of carbonyl (C=O) groups excluding carboxylic acids is 2. The molecule has 0 atom stereocenters. The van der Waals surface area contributed by atoms with Crippen LogP contribution in [0.15, 0.2) is 36.4 Å². The van der Waals surface area contributed by atoms with E-state index in [1.165, 1.54) is 6.07 Å². The van der Waals surface area contributed by atoms with Crippen LogP contribution in [0.4, 0.5) is 0 Å². The Hall–Kier alpha value is -2.67. The highest BCUT2D eigenvalue weighted by Gasteiger charge is 2.26. The quantitative estimate of drug-likeness (QED) is 0.893. The van der Waals surface area contributed by atoms with Gasteiger partial charge in [0.1, 0.15) is 4.88 Å². The predicted molar refractivity (Wildman–Crippen MR) is 98.6 cm³/mol. The number of rotatable bonds is 4. The molecule has 1 fully saturated rings. The molecule has 1 N–H and O–H groups in total. The first-order valence-electron chi connectivity index (χ1n) is 8.40. The number of thiophene rings is 1. The summed E-state index contributed by atoms with van der Waals surface area (Å²) < 4.78 is 0. The summed E-state index contributed by atoms with van der Waals surface area (Å²) in [5.41, 5.74) is 2.15. The van der Waals surface area contributed by atoms with E-state index in [0.29, 0.717) is 37.5 Å². The number of aryl methyl sites for hydroxylation is 1. The molecule has 1 aliphatic heterocycles. The van der Waals surface area contributed by atoms with Crippen molar-refractivity contribution < 1.29 is 19.5 Å². The Labute approximate surface area is 155 Å². The van der Waals surface area contributed by atoms with Crippen molar-refractivity contribution in [2.45, 2.75) is 13.3 Å². The Kier molecular flexibility index (Phi) is 5.37. The molecule has 2 heterocycles. The second-order valence-corrected chi connectivity index (χ2v) is 7.39. The van der Waals surface area contributed by atoms with Crippen molar-refractivity contribution in [1.82, 2.24) is 9.80 Å². The van der Waals surface area contributed by atoms with Gasteiger partial charge >= 0.3 is 5.97 Å². The molecule has 6 nitrogen and oxygen atoms in total. The van der Waals surface area contributed by atoms with Gasteiger partial charge in [0.15, 0.2) is 0 Å². The van der Waals surface area contributed by atoms with E-state index in [1.54, 1.807) is 15.9 Å². The largest absolute Gasteiger partial charge is 0.477 e. The van der Waals surface area contributed by atoms with Gasteiger partial charge in [-0.25, -0.2) is 4.79 Å². The van der Waals surface area contributed by atoms with Gasteiger partial charge in [-0.1, -0.05) is 29.8 Å². The monoisotopic (exact) mass is 372 g/mol. The topological polar surface area (TPSA) is 77.9 Å². The summed E-state index contributed by atoms with van der Waals surface area (Å²) in [6, 6.07) is 10.9. The number of aromatic carboxylic acids is 1. The fraction of sp³-hybridized carbons (Fsp3) is 0.316. The fourth-order valence-corrected chi connectivity index (χ4v) is 3.69. The van der Waals surface area contributed by atoms with Crippen molar-refractivity contribution in [3.05, 3.63) is 57.3 Å². The summed E-state index contributed by atoms with van der Waals surface area (Å²) in [6.07, 6.45) is 0.362. The third-order valence-corrected chi connectivity index (χ3v) is 5.48. The standard InChI is InChI=1S/C19H20N2O4S/c1-13-2-4-14(5-3-13)12-17(22)20-8-10-21(11-9-20)18(23)15-6-7-16(26-15)19(24)25/h2-7H,8-12H2,1H3,(H,24,25). The average molecular weight is 372 g/mol. The zero-order valence-corrected chi connectivity index (χ0v) is 15.3. The molecule has 1 aromatic heterocycles. The molecule has 0 radical (unpaired) electrons. The van der Waals surface area contributed by atoms with Gasteiger partial charge in [-0.05, 0) is 24.6 Å². The van der Waals surface area contributed by atoms with Crippen LogP contribution in [0.3, 0.4) is 0 Å². The van der Waals surface area contributed by atoms with E-state index in [0.717, 1.165) is 22.5 Å². The van der Waals surface area contributed by atoms with E-state index in [1.807, 2.05) is 31.2 Å². The maximum atomic E-state index is 12.5. The van der Waals surface area contributed by atoms with Crippen molar-refractivity contribution >= 4 is 29.1 Å². The van der Waals surface area contributed by atoms with Crippen LogP contribution in [-0.2, 0) is 11.2 Å². The fourth-order valence-electron chi connectivity index (χ4n) is 2.87. The smallest absolute Gasteiger partial charge is 0.345 e. The summed E-state index contributed by atoms with van der Waals surface area (Å²) in [6.45, 7) is 3.91. The molecule has 2 aromatic rings. The normalized spacial score (nSPS) is 14.3. The van der Waals surface area contributed by atoms with E-state index in [-0.39, 0.29) is 16.7 Å². The lowest BCUT2D eigenvalue weighted by Crippen LogP contribution is -2.50. The van der Waals surface area contributed by atoms with Crippen LogP contribution in [0.2, 0.25) is 0 Å². The molecule has 0 spiro atoms. The summed E-state index contributed by atoms with van der Waals surface area (Å²) >= 11 is 0.981. The lowest BCUT2D eigenvalue weighted by Gasteiger charge is -2.34. The maximum absolute atomic E-state index is 12.5. The molecular formula is C19H20N2O4S. The van der Waals surface area contributed by atoms with Crippen molar-refractivity contribution in [2.24, 2.45) is 0 Å². The number of piperazine rings is 1. The van der Waals surface area contributed by atoms with Gasteiger partial charge in [0.25, 0.3) is 5.91 Å². The van der Waals surface area contributed by atoms with Crippen LogP contribution in [0, 0.1) is 6.92 Å². The molecule has 0 aliphatic carbocycles. The third kappa shape index (κ3) is 4.11. The SMILES string of the molecule is Cc1ccc(CC(=O)N2CCN(C(=O)c3ccc(C(=O)O)s3)CC2)cc1. The third-order valence-electron chi connectivity index (χ3n) is 4.42. The lowest BCUT2D eigenvalue weighted by atomic mass is 10.1. The number of carboxylic acids is 1. The number of benzene rings is 1. The Morgan fingerprint density at radius 2 is 1.50 bits per heavy atom. The van der Waals surface area contributed by atoms with E-state index >= 15 is 0 Å².